The number of hydrogen-bond acceptors (Lipinski definition) is 3. The highest BCUT2D eigenvalue weighted by Gasteiger charge is 2.11. The Bertz CT molecular complexity index is 852. The Labute approximate surface area is 164 Å². The zero-order chi connectivity index (χ0) is 16.9. The fourth-order valence-electron chi connectivity index (χ4n) is 2.75. The Kier molecular flexibility index (Phi) is 6.74. The summed E-state index contributed by atoms with van der Waals surface area (Å²) in [6.45, 7) is 2.70. The lowest BCUT2D eigenvalue weighted by Crippen LogP contribution is -2.38. The van der Waals surface area contributed by atoms with Gasteiger partial charge in [0.15, 0.2) is 5.96 Å². The van der Waals surface area contributed by atoms with Gasteiger partial charge in [0.05, 0.1) is 12.6 Å². The lowest BCUT2D eigenvalue weighted by molar-refractivity contribution is 0.653. The van der Waals surface area contributed by atoms with Gasteiger partial charge in [0.25, 0.3) is 0 Å². The van der Waals surface area contributed by atoms with Crippen LogP contribution in [-0.4, -0.2) is 27.8 Å². The van der Waals surface area contributed by atoms with E-state index in [0.717, 1.165) is 11.8 Å². The second-order valence-corrected chi connectivity index (χ2v) is 5.66. The molecule has 25 heavy (non-hydrogen) atoms. The van der Waals surface area contributed by atoms with Crippen molar-refractivity contribution in [2.75, 3.05) is 7.05 Å². The molecular weight excluding hydrogens is 427 g/mol. The molecule has 2 N–H and O–H groups in total. The van der Waals surface area contributed by atoms with E-state index in [1.807, 2.05) is 7.05 Å². The van der Waals surface area contributed by atoms with Crippen LogP contribution in [0.1, 0.15) is 24.4 Å². The molecule has 2 aromatic carbocycles. The first kappa shape index (κ1) is 19.2. The Morgan fingerprint density at radius 3 is 2.68 bits per heavy atom. The maximum atomic E-state index is 4.30. The number of rotatable bonds is 4. The van der Waals surface area contributed by atoms with Crippen molar-refractivity contribution in [2.24, 2.45) is 12.0 Å². The van der Waals surface area contributed by atoms with Crippen LogP contribution >= 0.6 is 24.0 Å². The Morgan fingerprint density at radius 2 is 1.96 bits per heavy atom. The van der Waals surface area contributed by atoms with Gasteiger partial charge < -0.3 is 10.6 Å². The fourth-order valence-corrected chi connectivity index (χ4v) is 2.75. The van der Waals surface area contributed by atoms with Crippen molar-refractivity contribution in [3.05, 3.63) is 60.2 Å². The number of aryl methyl sites for hydroxylation is 1. The van der Waals surface area contributed by atoms with Crippen molar-refractivity contribution in [1.29, 1.82) is 0 Å². The number of halogens is 1. The molecule has 0 radical (unpaired) electrons. The van der Waals surface area contributed by atoms with Gasteiger partial charge in [-0.05, 0) is 23.3 Å². The van der Waals surface area contributed by atoms with Crippen molar-refractivity contribution >= 4 is 40.7 Å². The largest absolute Gasteiger partial charge is 0.350 e. The van der Waals surface area contributed by atoms with E-state index >= 15 is 0 Å². The van der Waals surface area contributed by atoms with Crippen LogP contribution < -0.4 is 10.6 Å². The lowest BCUT2D eigenvalue weighted by atomic mass is 10.00. The molecule has 1 atom stereocenters. The minimum Gasteiger partial charge on any atom is -0.350 e. The normalized spacial score (nSPS) is 12.5. The fraction of sp³-hybridized carbons (Fsp3) is 0.278. The summed E-state index contributed by atoms with van der Waals surface area (Å²) >= 11 is 0. The van der Waals surface area contributed by atoms with Crippen LogP contribution in [0.15, 0.2) is 53.8 Å². The Hall–Kier alpha value is -2.16. The molecule has 0 aliphatic rings. The summed E-state index contributed by atoms with van der Waals surface area (Å²) < 4.78 is 1.74. The van der Waals surface area contributed by atoms with Crippen LogP contribution in [0.2, 0.25) is 0 Å². The molecule has 0 saturated carbocycles. The highest BCUT2D eigenvalue weighted by molar-refractivity contribution is 14.0. The first-order valence-corrected chi connectivity index (χ1v) is 7.96. The summed E-state index contributed by atoms with van der Waals surface area (Å²) in [6.07, 6.45) is 1.55. The number of hydrogen-bond donors (Lipinski definition) is 2. The SMILES string of the molecule is CN=C(NCc1ncnn1C)NC(C)c1cccc2ccccc12.I. The molecular formula is C18H23IN6. The maximum Gasteiger partial charge on any atom is 0.191 e. The summed E-state index contributed by atoms with van der Waals surface area (Å²) in [5.74, 6) is 1.59. The van der Waals surface area contributed by atoms with Gasteiger partial charge >= 0.3 is 0 Å². The molecule has 0 aliphatic heterocycles. The summed E-state index contributed by atoms with van der Waals surface area (Å²) in [5.41, 5.74) is 1.25. The molecule has 1 unspecified atom stereocenters. The van der Waals surface area contributed by atoms with Gasteiger partial charge in [-0.2, -0.15) is 5.10 Å². The predicted molar refractivity (Wildman–Crippen MR) is 112 cm³/mol. The number of benzene rings is 2. The van der Waals surface area contributed by atoms with Crippen molar-refractivity contribution in [3.63, 3.8) is 0 Å². The number of nitrogens with one attached hydrogen (secondary N) is 2. The van der Waals surface area contributed by atoms with Crippen LogP contribution in [0.4, 0.5) is 0 Å². The minimum atomic E-state index is 0. The number of guanidine groups is 1. The van der Waals surface area contributed by atoms with E-state index in [9.17, 15) is 0 Å². The van der Waals surface area contributed by atoms with E-state index in [4.69, 9.17) is 0 Å². The standard InChI is InChI=1S/C18H22N6.HI/c1-13(15-10-6-8-14-7-4-5-9-16(14)15)23-18(19-2)20-11-17-21-12-22-24(17)3;/h4-10,12-13H,11H2,1-3H3,(H2,19,20,23);1H. The molecule has 7 heteroatoms. The van der Waals surface area contributed by atoms with E-state index in [-0.39, 0.29) is 30.0 Å². The van der Waals surface area contributed by atoms with Gasteiger partial charge in [-0.25, -0.2) is 4.98 Å². The summed E-state index contributed by atoms with van der Waals surface area (Å²) in [4.78, 5) is 8.51. The summed E-state index contributed by atoms with van der Waals surface area (Å²) in [7, 11) is 3.64. The van der Waals surface area contributed by atoms with Gasteiger partial charge in [0.1, 0.15) is 12.2 Å². The van der Waals surface area contributed by atoms with Crippen molar-refractivity contribution in [1.82, 2.24) is 25.4 Å². The average Bonchev–Trinajstić information content (AvgIpc) is 3.02. The molecule has 3 aromatic rings. The van der Waals surface area contributed by atoms with E-state index in [2.05, 4.69) is 75.1 Å². The van der Waals surface area contributed by atoms with Crippen LogP contribution in [0.5, 0.6) is 0 Å². The van der Waals surface area contributed by atoms with Crippen LogP contribution in [0.25, 0.3) is 10.8 Å². The van der Waals surface area contributed by atoms with E-state index < -0.39 is 0 Å². The molecule has 0 bridgehead atoms. The number of aliphatic imine (C=N–C) groups is 1. The number of nitrogens with zero attached hydrogens (tertiary/aromatic N) is 4. The molecule has 0 saturated heterocycles. The molecule has 0 amide bonds. The van der Waals surface area contributed by atoms with Crippen molar-refractivity contribution in [3.8, 4) is 0 Å². The Balaban J connectivity index is 0.00000225. The molecule has 6 nitrogen and oxygen atoms in total. The highest BCUT2D eigenvalue weighted by Crippen LogP contribution is 2.23. The van der Waals surface area contributed by atoms with Gasteiger partial charge in [0, 0.05) is 14.1 Å². The van der Waals surface area contributed by atoms with E-state index in [1.165, 1.54) is 16.3 Å². The third-order valence-corrected chi connectivity index (χ3v) is 4.09. The zero-order valence-corrected chi connectivity index (χ0v) is 16.9. The van der Waals surface area contributed by atoms with E-state index in [0.29, 0.717) is 6.54 Å². The highest BCUT2D eigenvalue weighted by atomic mass is 127. The molecule has 0 spiro atoms. The number of fused-ring (bicyclic) bond motifs is 1. The summed E-state index contributed by atoms with van der Waals surface area (Å²) in [6, 6.07) is 14.9. The van der Waals surface area contributed by atoms with Crippen LogP contribution in [0.3, 0.4) is 0 Å². The van der Waals surface area contributed by atoms with Crippen LogP contribution in [0, 0.1) is 0 Å². The van der Waals surface area contributed by atoms with Crippen molar-refractivity contribution < 1.29 is 0 Å². The second-order valence-electron chi connectivity index (χ2n) is 5.66. The second kappa shape index (κ2) is 8.80. The van der Waals surface area contributed by atoms with Gasteiger partial charge in [-0.3, -0.25) is 9.67 Å². The third-order valence-electron chi connectivity index (χ3n) is 4.09. The Morgan fingerprint density at radius 1 is 1.20 bits per heavy atom. The smallest absolute Gasteiger partial charge is 0.191 e. The number of aromatic nitrogens is 3. The molecule has 1 aromatic heterocycles. The molecule has 0 fully saturated rings. The lowest BCUT2D eigenvalue weighted by Gasteiger charge is -2.19. The quantitative estimate of drug-likeness (QED) is 0.365. The average molecular weight is 450 g/mol. The first-order valence-electron chi connectivity index (χ1n) is 7.96. The zero-order valence-electron chi connectivity index (χ0n) is 14.6. The van der Waals surface area contributed by atoms with Gasteiger partial charge in [-0.1, -0.05) is 42.5 Å². The molecule has 3 rings (SSSR count). The maximum absolute atomic E-state index is 4.30. The molecule has 1 heterocycles. The van der Waals surface area contributed by atoms with Crippen LogP contribution in [-0.2, 0) is 13.6 Å². The molecule has 132 valence electrons. The molecule has 0 aliphatic carbocycles. The van der Waals surface area contributed by atoms with E-state index in [1.54, 1.807) is 18.1 Å². The topological polar surface area (TPSA) is 67.1 Å². The van der Waals surface area contributed by atoms with Gasteiger partial charge in [0.2, 0.25) is 0 Å². The monoisotopic (exact) mass is 450 g/mol. The third kappa shape index (κ3) is 4.47. The minimum absolute atomic E-state index is 0. The van der Waals surface area contributed by atoms with Crippen molar-refractivity contribution in [2.45, 2.75) is 19.5 Å². The first-order chi connectivity index (χ1) is 11.7. The summed E-state index contributed by atoms with van der Waals surface area (Å²) in [5, 5.41) is 13.3. The van der Waals surface area contributed by atoms with Gasteiger partial charge in [-0.15, -0.1) is 24.0 Å². The predicted octanol–water partition coefficient (Wildman–Crippen LogP) is 3.01.